The molecule has 0 atom stereocenters. The molecule has 0 bridgehead atoms. The molecule has 0 aliphatic carbocycles. The lowest BCUT2D eigenvalue weighted by molar-refractivity contribution is 1.18. The van der Waals surface area contributed by atoms with E-state index in [1.54, 1.807) is 18.2 Å². The van der Waals surface area contributed by atoms with Gasteiger partial charge in [-0.25, -0.2) is 0 Å². The van der Waals surface area contributed by atoms with E-state index in [4.69, 9.17) is 12.3 Å². The number of hydrogen-bond donors (Lipinski definition) is 0. The first-order chi connectivity index (χ1) is 38.7. The molecule has 1 heterocycles. The third-order valence-corrected chi connectivity index (χ3v) is 10.6. The Morgan fingerprint density at radius 2 is 0.790 bits per heavy atom. The second kappa shape index (κ2) is 16.1. The number of aromatic nitrogens is 1. The van der Waals surface area contributed by atoms with Crippen LogP contribution in [0.5, 0.6) is 0 Å². The van der Waals surface area contributed by atoms with Gasteiger partial charge < -0.3 is 9.47 Å². The number of benzene rings is 10. The van der Waals surface area contributed by atoms with Gasteiger partial charge >= 0.3 is 0 Å². The van der Waals surface area contributed by atoms with Gasteiger partial charge in [0, 0.05) is 33.5 Å². The van der Waals surface area contributed by atoms with E-state index in [0.717, 1.165) is 21.6 Å². The summed E-state index contributed by atoms with van der Waals surface area (Å²) in [7, 11) is 0. The first-order valence-electron chi connectivity index (χ1n) is 29.2. The maximum Gasteiger partial charge on any atom is 0.0645 e. The van der Waals surface area contributed by atoms with Crippen molar-refractivity contribution in [2.75, 3.05) is 4.90 Å². The van der Waals surface area contributed by atoms with Crippen LogP contribution in [0.2, 0.25) is 0 Å². The van der Waals surface area contributed by atoms with E-state index < -0.39 is 142 Å². The fourth-order valence-electron chi connectivity index (χ4n) is 7.64. The predicted octanol–water partition coefficient (Wildman–Crippen LogP) is 16.6. The fourth-order valence-corrected chi connectivity index (χ4v) is 7.64. The molecule has 10 aromatic carbocycles. The zero-order chi connectivity index (χ0) is 57.8. The van der Waals surface area contributed by atoms with Crippen molar-refractivity contribution >= 4 is 38.9 Å². The highest BCUT2D eigenvalue weighted by Gasteiger charge is 2.17. The second-order valence-corrected chi connectivity index (χ2v) is 14.3. The van der Waals surface area contributed by atoms with Crippen molar-refractivity contribution in [2.45, 2.75) is 0 Å². The molecule has 2 nitrogen and oxygen atoms in total. The summed E-state index contributed by atoms with van der Waals surface area (Å²) in [6.45, 7) is 0. The van der Waals surface area contributed by atoms with Gasteiger partial charge in [0.2, 0.25) is 0 Å². The first kappa shape index (κ1) is 21.9. The van der Waals surface area contributed by atoms with E-state index in [2.05, 4.69) is 0 Å². The Morgan fingerprint density at radius 3 is 1.40 bits per heavy atom. The van der Waals surface area contributed by atoms with Gasteiger partial charge in [0.25, 0.3) is 0 Å². The standard InChI is InChI=1S/C60H42N2/c1-4-14-43(15-5-1)45-24-33-51(34-25-45)61(53-39-30-49(31-40-53)56-21-11-10-20-55(56)48-18-8-3-9-19-48)52-35-28-47(29-36-52)50-32-41-60-58(42-50)57-22-12-13-23-59(57)62(60)54-37-26-46(27-38-54)44-16-6-2-7-17-44/h1-42H/i3D,8D,9D,10D,11D,18D,19D,20D,21D,28D,29D,30D,31D,32D,35D,36D,39D,40D,41D. The van der Waals surface area contributed by atoms with Crippen LogP contribution >= 0.6 is 0 Å². The normalized spacial score (nSPS) is 15.5. The molecule has 0 N–H and O–H groups in total. The quantitative estimate of drug-likeness (QED) is 0.141. The summed E-state index contributed by atoms with van der Waals surface area (Å²) >= 11 is 0. The molecule has 2 heteroatoms. The van der Waals surface area contributed by atoms with Crippen LogP contribution in [-0.2, 0) is 0 Å². The minimum Gasteiger partial charge on any atom is -0.311 e. The van der Waals surface area contributed by atoms with Crippen LogP contribution < -0.4 is 4.90 Å². The second-order valence-electron chi connectivity index (χ2n) is 14.3. The first-order valence-corrected chi connectivity index (χ1v) is 19.7. The molecule has 0 fully saturated rings. The monoisotopic (exact) mass is 809 g/mol. The van der Waals surface area contributed by atoms with E-state index in [1.165, 1.54) is 12.1 Å². The molecule has 0 amide bonds. The molecule has 292 valence electrons. The van der Waals surface area contributed by atoms with Crippen LogP contribution in [0.25, 0.3) is 83.1 Å². The predicted molar refractivity (Wildman–Crippen MR) is 263 cm³/mol. The maximum absolute atomic E-state index is 9.75. The van der Waals surface area contributed by atoms with Crippen LogP contribution in [0.15, 0.2) is 254 Å². The summed E-state index contributed by atoms with van der Waals surface area (Å²) in [6, 6.07) is 27.4. The van der Waals surface area contributed by atoms with Crippen molar-refractivity contribution < 1.29 is 26.0 Å². The summed E-state index contributed by atoms with van der Waals surface area (Å²) in [6.07, 6.45) is 0. The number of fused-ring (bicyclic) bond motifs is 3. The van der Waals surface area contributed by atoms with Crippen LogP contribution in [-0.4, -0.2) is 4.57 Å². The summed E-state index contributed by atoms with van der Waals surface area (Å²) in [5.74, 6) is 0. The number of hydrogen-bond acceptors (Lipinski definition) is 1. The lowest BCUT2D eigenvalue weighted by atomic mass is 9.94. The smallest absolute Gasteiger partial charge is 0.0645 e. The van der Waals surface area contributed by atoms with Crippen LogP contribution in [0, 0.1) is 0 Å². The highest BCUT2D eigenvalue weighted by molar-refractivity contribution is 6.10. The Balaban J connectivity index is 1.14. The Labute approximate surface area is 389 Å². The molecule has 0 unspecified atom stereocenters. The van der Waals surface area contributed by atoms with E-state index in [1.807, 2.05) is 114 Å². The summed E-state index contributed by atoms with van der Waals surface area (Å²) in [5.41, 5.74) is 0.929. The molecule has 0 spiro atoms. The van der Waals surface area contributed by atoms with Crippen molar-refractivity contribution in [3.63, 3.8) is 0 Å². The van der Waals surface area contributed by atoms with E-state index in [-0.39, 0.29) is 22.9 Å². The number of para-hydroxylation sites is 1. The Kier molecular flexibility index (Phi) is 5.68. The number of rotatable bonds is 9. The summed E-state index contributed by atoms with van der Waals surface area (Å²) < 4.78 is 176. The van der Waals surface area contributed by atoms with E-state index in [0.29, 0.717) is 33.1 Å². The van der Waals surface area contributed by atoms with Gasteiger partial charge in [-0.05, 0) is 122 Å². The molecule has 0 aliphatic rings. The molecular formula is C60H42N2. The number of nitrogens with zero attached hydrogens (tertiary/aromatic N) is 2. The minimum atomic E-state index is -0.927. The molecular weight excluding hydrogens is 749 g/mol. The molecule has 0 radical (unpaired) electrons. The van der Waals surface area contributed by atoms with Crippen LogP contribution in [0.3, 0.4) is 0 Å². The SMILES string of the molecule is [2H]c1c([2H])c([2H])c(-c2c([2H])c([2H])c([2H])c([2H])c2-c2c([2H])c([2H])c(N(c3ccc(-c4ccccc4)cc3)c3c([2H])c([2H])c(-c4cc5c6ccccc6n(-c6ccc(-c7ccccc7)cc6)c5c([2H])c4[2H])c([2H])c3[2H])c([2H])c2[2H])c([2H])c1[2H]. The summed E-state index contributed by atoms with van der Waals surface area (Å²) in [4.78, 5) is 1.04. The van der Waals surface area contributed by atoms with Crippen molar-refractivity contribution in [1.82, 2.24) is 4.57 Å². The largest absolute Gasteiger partial charge is 0.311 e. The highest BCUT2D eigenvalue weighted by Crippen LogP contribution is 2.40. The molecule has 62 heavy (non-hydrogen) atoms. The van der Waals surface area contributed by atoms with Crippen molar-refractivity contribution in [1.29, 1.82) is 0 Å². The molecule has 0 aliphatic heterocycles. The zero-order valence-corrected chi connectivity index (χ0v) is 32.7. The van der Waals surface area contributed by atoms with E-state index in [9.17, 15) is 13.7 Å². The third kappa shape index (κ3) is 6.94. The molecule has 0 saturated heterocycles. The maximum atomic E-state index is 9.75. The van der Waals surface area contributed by atoms with Gasteiger partial charge in [0.15, 0.2) is 0 Å². The third-order valence-electron chi connectivity index (χ3n) is 10.6. The lowest BCUT2D eigenvalue weighted by Gasteiger charge is -2.26. The summed E-state index contributed by atoms with van der Waals surface area (Å²) in [5, 5.41) is 1.18. The van der Waals surface area contributed by atoms with Gasteiger partial charge in [-0.15, -0.1) is 0 Å². The van der Waals surface area contributed by atoms with Crippen molar-refractivity contribution in [2.24, 2.45) is 0 Å². The van der Waals surface area contributed by atoms with Gasteiger partial charge in [0.05, 0.1) is 37.1 Å². The highest BCUT2D eigenvalue weighted by atomic mass is 15.1. The van der Waals surface area contributed by atoms with Crippen LogP contribution in [0.1, 0.15) is 26.0 Å². The Morgan fingerprint density at radius 1 is 0.306 bits per heavy atom. The molecule has 0 saturated carbocycles. The van der Waals surface area contributed by atoms with Gasteiger partial charge in [0.1, 0.15) is 0 Å². The van der Waals surface area contributed by atoms with Crippen molar-refractivity contribution in [3.05, 3.63) is 254 Å². The minimum absolute atomic E-state index is 0.0406. The average Bonchev–Trinajstić information content (AvgIpc) is 3.99. The topological polar surface area (TPSA) is 8.17 Å². The number of anilines is 3. The Bertz CT molecular complexity index is 4340. The van der Waals surface area contributed by atoms with Gasteiger partial charge in [-0.1, -0.05) is 188 Å². The molecule has 1 aromatic heterocycles. The lowest BCUT2D eigenvalue weighted by Crippen LogP contribution is -2.09. The van der Waals surface area contributed by atoms with Crippen LogP contribution in [0.4, 0.5) is 17.1 Å². The van der Waals surface area contributed by atoms with Gasteiger partial charge in [-0.3, -0.25) is 0 Å². The molecule has 11 aromatic rings. The van der Waals surface area contributed by atoms with E-state index >= 15 is 0 Å². The fraction of sp³-hybridized carbons (Fsp3) is 0. The van der Waals surface area contributed by atoms with Crippen molar-refractivity contribution in [3.8, 4) is 61.3 Å². The zero-order valence-electron chi connectivity index (χ0n) is 51.7. The Hall–Kier alpha value is -8.20. The average molecular weight is 810 g/mol. The van der Waals surface area contributed by atoms with Gasteiger partial charge in [-0.2, -0.15) is 0 Å². The molecule has 11 rings (SSSR count).